The molecule has 0 saturated carbocycles. The molecule has 1 aromatic rings. The van der Waals surface area contributed by atoms with E-state index in [-0.39, 0.29) is 17.2 Å². The number of nitrogens with zero attached hydrogens (tertiary/aromatic N) is 3. The number of hydrogen-bond acceptors (Lipinski definition) is 6. The van der Waals surface area contributed by atoms with Crippen LogP contribution in [0.2, 0.25) is 0 Å². The third-order valence-electron chi connectivity index (χ3n) is 5.67. The molecule has 2 fully saturated rings. The van der Waals surface area contributed by atoms with Gasteiger partial charge in [0.2, 0.25) is 5.91 Å². The topological polar surface area (TPSA) is 95.8 Å². The molecular formula is C20H28N4O4S. The largest absolute Gasteiger partial charge is 0.340 e. The first-order chi connectivity index (χ1) is 14.0. The number of benzene rings is 1. The smallest absolute Gasteiger partial charge is 0.270 e. The summed E-state index contributed by atoms with van der Waals surface area (Å²) in [5.41, 5.74) is 0.0511. The number of nitro groups is 1. The molecule has 8 nitrogen and oxygen atoms in total. The van der Waals surface area contributed by atoms with Crippen LogP contribution in [0.15, 0.2) is 24.3 Å². The summed E-state index contributed by atoms with van der Waals surface area (Å²) < 4.78 is 0. The van der Waals surface area contributed by atoms with Crippen molar-refractivity contribution in [2.75, 3.05) is 38.2 Å². The molecule has 29 heavy (non-hydrogen) atoms. The Morgan fingerprint density at radius 2 is 2.07 bits per heavy atom. The van der Waals surface area contributed by atoms with E-state index in [0.717, 1.165) is 25.3 Å². The summed E-state index contributed by atoms with van der Waals surface area (Å²) in [5, 5.41) is 13.8. The number of nitro benzene ring substituents is 1. The van der Waals surface area contributed by atoms with E-state index in [1.165, 1.54) is 37.1 Å². The van der Waals surface area contributed by atoms with Crippen molar-refractivity contribution < 1.29 is 14.5 Å². The quantitative estimate of drug-likeness (QED) is 0.511. The average Bonchev–Trinajstić information content (AvgIpc) is 3.42. The molecule has 0 bridgehead atoms. The Bertz CT molecular complexity index is 754. The SMILES string of the molecule is CSCCC(NC(=O)c1cccc([N+](=O)[O-])c1)C(=O)N1CCC(N2CCCC2)C1. The van der Waals surface area contributed by atoms with E-state index in [2.05, 4.69) is 10.2 Å². The van der Waals surface area contributed by atoms with Crippen molar-refractivity contribution in [3.63, 3.8) is 0 Å². The van der Waals surface area contributed by atoms with Crippen LogP contribution < -0.4 is 5.32 Å². The van der Waals surface area contributed by atoms with E-state index in [0.29, 0.717) is 25.6 Å². The zero-order valence-electron chi connectivity index (χ0n) is 16.7. The normalized spacial score (nSPS) is 20.6. The molecule has 0 aliphatic carbocycles. The van der Waals surface area contributed by atoms with Crippen LogP contribution in [0.5, 0.6) is 0 Å². The van der Waals surface area contributed by atoms with Gasteiger partial charge >= 0.3 is 0 Å². The summed E-state index contributed by atoms with van der Waals surface area (Å²) >= 11 is 1.62. The molecule has 2 unspecified atom stereocenters. The van der Waals surface area contributed by atoms with Gasteiger partial charge in [0.05, 0.1) is 4.92 Å². The third-order valence-corrected chi connectivity index (χ3v) is 6.31. The Morgan fingerprint density at radius 3 is 2.76 bits per heavy atom. The molecule has 2 atom stereocenters. The van der Waals surface area contributed by atoms with Crippen molar-refractivity contribution in [3.05, 3.63) is 39.9 Å². The van der Waals surface area contributed by atoms with Crippen LogP contribution in [-0.4, -0.2) is 76.8 Å². The Labute approximate surface area is 175 Å². The highest BCUT2D eigenvalue weighted by Gasteiger charge is 2.34. The Kier molecular flexibility index (Phi) is 7.49. The molecule has 0 radical (unpaired) electrons. The molecule has 3 rings (SSSR count). The number of thioether (sulfide) groups is 1. The van der Waals surface area contributed by atoms with Gasteiger partial charge in [-0.1, -0.05) is 6.07 Å². The Balaban J connectivity index is 1.65. The first-order valence-electron chi connectivity index (χ1n) is 10.1. The van der Waals surface area contributed by atoms with Crippen molar-refractivity contribution in [1.29, 1.82) is 0 Å². The number of carbonyl (C=O) groups is 2. The lowest BCUT2D eigenvalue weighted by atomic mass is 10.1. The van der Waals surface area contributed by atoms with Crippen LogP contribution in [0.25, 0.3) is 0 Å². The van der Waals surface area contributed by atoms with E-state index in [1.807, 2.05) is 11.2 Å². The van der Waals surface area contributed by atoms with Crippen molar-refractivity contribution >= 4 is 29.3 Å². The molecule has 0 aromatic heterocycles. The second-order valence-electron chi connectivity index (χ2n) is 7.58. The second kappa shape index (κ2) is 10.1. The summed E-state index contributed by atoms with van der Waals surface area (Å²) in [5.74, 6) is 0.234. The standard InChI is InChI=1S/C20H28N4O4S/c1-29-12-8-18(21-19(25)15-5-4-6-16(13-15)24(27)28)20(26)23-11-7-17(14-23)22-9-2-3-10-22/h4-6,13,17-18H,2-3,7-12,14H2,1H3,(H,21,25). The number of carbonyl (C=O) groups excluding carboxylic acids is 2. The molecule has 2 aliphatic heterocycles. The first-order valence-corrected chi connectivity index (χ1v) is 11.5. The molecule has 2 heterocycles. The van der Waals surface area contributed by atoms with Crippen molar-refractivity contribution in [2.24, 2.45) is 0 Å². The minimum Gasteiger partial charge on any atom is -0.340 e. The fraction of sp³-hybridized carbons (Fsp3) is 0.600. The maximum Gasteiger partial charge on any atom is 0.270 e. The van der Waals surface area contributed by atoms with Gasteiger partial charge in [0.15, 0.2) is 0 Å². The zero-order chi connectivity index (χ0) is 20.8. The zero-order valence-corrected chi connectivity index (χ0v) is 17.5. The molecule has 1 N–H and O–H groups in total. The predicted molar refractivity (Wildman–Crippen MR) is 113 cm³/mol. The molecule has 2 saturated heterocycles. The highest BCUT2D eigenvalue weighted by atomic mass is 32.2. The molecule has 158 valence electrons. The van der Waals surface area contributed by atoms with Crippen molar-refractivity contribution in [2.45, 2.75) is 37.8 Å². The van der Waals surface area contributed by atoms with E-state index in [9.17, 15) is 19.7 Å². The number of likely N-dealkylation sites (tertiary alicyclic amines) is 2. The van der Waals surface area contributed by atoms with Gasteiger partial charge in [-0.25, -0.2) is 0 Å². The van der Waals surface area contributed by atoms with Gasteiger partial charge in [-0.2, -0.15) is 11.8 Å². The van der Waals surface area contributed by atoms with Gasteiger partial charge in [0.1, 0.15) is 6.04 Å². The number of hydrogen-bond donors (Lipinski definition) is 1. The van der Waals surface area contributed by atoms with Crippen LogP contribution in [0.3, 0.4) is 0 Å². The van der Waals surface area contributed by atoms with Crippen molar-refractivity contribution in [1.82, 2.24) is 15.1 Å². The van der Waals surface area contributed by atoms with Crippen LogP contribution in [0.1, 0.15) is 36.0 Å². The van der Waals surface area contributed by atoms with Gasteiger partial charge in [-0.3, -0.25) is 24.6 Å². The van der Waals surface area contributed by atoms with Crippen molar-refractivity contribution in [3.8, 4) is 0 Å². The van der Waals surface area contributed by atoms with E-state index >= 15 is 0 Å². The predicted octanol–water partition coefficient (Wildman–Crippen LogP) is 2.14. The maximum atomic E-state index is 13.1. The highest BCUT2D eigenvalue weighted by molar-refractivity contribution is 7.98. The van der Waals surface area contributed by atoms with Gasteiger partial charge in [0.25, 0.3) is 11.6 Å². The molecule has 9 heteroatoms. The molecule has 2 aliphatic rings. The highest BCUT2D eigenvalue weighted by Crippen LogP contribution is 2.22. The molecule has 1 aromatic carbocycles. The van der Waals surface area contributed by atoms with Crippen LogP contribution in [0.4, 0.5) is 5.69 Å². The molecule has 0 spiro atoms. The summed E-state index contributed by atoms with van der Waals surface area (Å²) in [6.07, 6.45) is 5.91. The second-order valence-corrected chi connectivity index (χ2v) is 8.57. The summed E-state index contributed by atoms with van der Waals surface area (Å²) in [6.45, 7) is 3.63. The van der Waals surface area contributed by atoms with E-state index < -0.39 is 16.9 Å². The Hall–Kier alpha value is -2.13. The third kappa shape index (κ3) is 5.48. The summed E-state index contributed by atoms with van der Waals surface area (Å²) in [7, 11) is 0. The monoisotopic (exact) mass is 420 g/mol. The summed E-state index contributed by atoms with van der Waals surface area (Å²) in [4.78, 5) is 40.6. The molecular weight excluding hydrogens is 392 g/mol. The number of amides is 2. The van der Waals surface area contributed by atoms with Gasteiger partial charge in [0, 0.05) is 36.8 Å². The minimum absolute atomic E-state index is 0.0560. The lowest BCUT2D eigenvalue weighted by Crippen LogP contribution is -2.49. The van der Waals surface area contributed by atoms with Crippen LogP contribution >= 0.6 is 11.8 Å². The first kappa shape index (κ1) is 21.6. The average molecular weight is 421 g/mol. The lowest BCUT2D eigenvalue weighted by Gasteiger charge is -2.26. The fourth-order valence-electron chi connectivity index (χ4n) is 4.06. The fourth-order valence-corrected chi connectivity index (χ4v) is 4.53. The van der Waals surface area contributed by atoms with Gasteiger partial charge in [-0.05, 0) is 56.8 Å². The number of rotatable bonds is 8. The Morgan fingerprint density at radius 1 is 1.31 bits per heavy atom. The number of non-ortho nitro benzene ring substituents is 1. The van der Waals surface area contributed by atoms with E-state index in [1.54, 1.807) is 11.8 Å². The van der Waals surface area contributed by atoms with Crippen LogP contribution in [0, 0.1) is 10.1 Å². The van der Waals surface area contributed by atoms with Gasteiger partial charge in [-0.15, -0.1) is 0 Å². The van der Waals surface area contributed by atoms with E-state index in [4.69, 9.17) is 0 Å². The minimum atomic E-state index is -0.619. The molecule has 2 amide bonds. The number of nitrogens with one attached hydrogen (secondary N) is 1. The van der Waals surface area contributed by atoms with Gasteiger partial charge < -0.3 is 10.2 Å². The summed E-state index contributed by atoms with van der Waals surface area (Å²) in [6, 6.07) is 5.38. The maximum absolute atomic E-state index is 13.1. The van der Waals surface area contributed by atoms with Crippen LogP contribution in [-0.2, 0) is 4.79 Å². The lowest BCUT2D eigenvalue weighted by molar-refractivity contribution is -0.384.